The van der Waals surface area contributed by atoms with Crippen LogP contribution in [0.3, 0.4) is 0 Å². The molecule has 1 aromatic heterocycles. The van der Waals surface area contributed by atoms with Gasteiger partial charge in [0.1, 0.15) is 0 Å². The van der Waals surface area contributed by atoms with Gasteiger partial charge in [-0.1, -0.05) is 30.3 Å². The van der Waals surface area contributed by atoms with Crippen LogP contribution in [0.15, 0.2) is 48.7 Å². The Bertz CT molecular complexity index is 457. The van der Waals surface area contributed by atoms with Crippen LogP contribution in [0.2, 0.25) is 0 Å². The number of benzene rings is 1. The molecule has 0 aliphatic heterocycles. The standard InChI is InChI=1S/C14H15FN2/c15-14-11-13(8-10-17-14)16-9-4-7-12-5-2-1-3-6-12/h1-3,5-6,8,10-11H,4,7,9H2,(H,16,17). The third kappa shape index (κ3) is 3.87. The molecule has 0 spiro atoms. The highest BCUT2D eigenvalue weighted by Crippen LogP contribution is 2.07. The molecule has 2 aromatic rings. The molecule has 0 aliphatic carbocycles. The number of rotatable bonds is 5. The second-order valence-corrected chi connectivity index (χ2v) is 3.88. The summed E-state index contributed by atoms with van der Waals surface area (Å²) in [5.41, 5.74) is 2.11. The van der Waals surface area contributed by atoms with Gasteiger partial charge in [-0.15, -0.1) is 0 Å². The molecular weight excluding hydrogens is 215 g/mol. The maximum absolute atomic E-state index is 12.8. The van der Waals surface area contributed by atoms with E-state index in [1.54, 1.807) is 6.07 Å². The van der Waals surface area contributed by atoms with E-state index >= 15 is 0 Å². The van der Waals surface area contributed by atoms with Gasteiger partial charge in [-0.3, -0.25) is 0 Å². The van der Waals surface area contributed by atoms with Crippen molar-refractivity contribution in [2.75, 3.05) is 11.9 Å². The first-order valence-corrected chi connectivity index (χ1v) is 5.74. The van der Waals surface area contributed by atoms with Crippen LogP contribution in [0.5, 0.6) is 0 Å². The Hall–Kier alpha value is -1.90. The summed E-state index contributed by atoms with van der Waals surface area (Å²) in [5, 5.41) is 3.18. The van der Waals surface area contributed by atoms with E-state index in [0.29, 0.717) is 0 Å². The number of pyridine rings is 1. The number of anilines is 1. The van der Waals surface area contributed by atoms with Crippen LogP contribution in [0.25, 0.3) is 0 Å². The quantitative estimate of drug-likeness (QED) is 0.630. The number of aryl methyl sites for hydroxylation is 1. The number of hydrogen-bond donors (Lipinski definition) is 1. The topological polar surface area (TPSA) is 24.9 Å². The number of nitrogens with zero attached hydrogens (tertiary/aromatic N) is 1. The average Bonchev–Trinajstić information content (AvgIpc) is 2.36. The lowest BCUT2D eigenvalue weighted by Gasteiger charge is -2.06. The fourth-order valence-electron chi connectivity index (χ4n) is 1.68. The smallest absolute Gasteiger partial charge is 0.214 e. The minimum absolute atomic E-state index is 0.446. The summed E-state index contributed by atoms with van der Waals surface area (Å²) < 4.78 is 12.8. The second-order valence-electron chi connectivity index (χ2n) is 3.88. The molecule has 88 valence electrons. The Morgan fingerprint density at radius 3 is 2.71 bits per heavy atom. The molecule has 2 nitrogen and oxygen atoms in total. The highest BCUT2D eigenvalue weighted by Gasteiger charge is 1.95. The number of hydrogen-bond acceptors (Lipinski definition) is 2. The van der Waals surface area contributed by atoms with Crippen LogP contribution in [-0.2, 0) is 6.42 Å². The van der Waals surface area contributed by atoms with Crippen molar-refractivity contribution in [2.45, 2.75) is 12.8 Å². The average molecular weight is 230 g/mol. The molecular formula is C14H15FN2. The molecule has 0 unspecified atom stereocenters. The molecule has 1 aromatic carbocycles. The Morgan fingerprint density at radius 1 is 1.12 bits per heavy atom. The summed E-state index contributed by atoms with van der Waals surface area (Å²) in [5.74, 6) is -0.446. The van der Waals surface area contributed by atoms with Gasteiger partial charge in [0.15, 0.2) is 0 Å². The Balaban J connectivity index is 1.73. The van der Waals surface area contributed by atoms with E-state index in [-0.39, 0.29) is 0 Å². The van der Waals surface area contributed by atoms with Gasteiger partial charge in [-0.2, -0.15) is 4.39 Å². The molecule has 0 amide bonds. The van der Waals surface area contributed by atoms with E-state index in [2.05, 4.69) is 22.4 Å². The summed E-state index contributed by atoms with van der Waals surface area (Å²) in [6, 6.07) is 13.5. The van der Waals surface area contributed by atoms with Gasteiger partial charge >= 0.3 is 0 Å². The van der Waals surface area contributed by atoms with E-state index in [9.17, 15) is 4.39 Å². The van der Waals surface area contributed by atoms with E-state index in [1.165, 1.54) is 17.8 Å². The van der Waals surface area contributed by atoms with Gasteiger partial charge in [-0.05, 0) is 24.5 Å². The van der Waals surface area contributed by atoms with Crippen LogP contribution in [0.1, 0.15) is 12.0 Å². The van der Waals surface area contributed by atoms with Gasteiger partial charge < -0.3 is 5.32 Å². The third-order valence-corrected chi connectivity index (χ3v) is 2.54. The van der Waals surface area contributed by atoms with Gasteiger partial charge in [0.25, 0.3) is 0 Å². The summed E-state index contributed by atoms with van der Waals surface area (Å²) in [4.78, 5) is 3.51. The van der Waals surface area contributed by atoms with Crippen molar-refractivity contribution >= 4 is 5.69 Å². The first kappa shape index (κ1) is 11.6. The molecule has 0 saturated carbocycles. The minimum Gasteiger partial charge on any atom is -0.385 e. The molecule has 0 fully saturated rings. The lowest BCUT2D eigenvalue weighted by Crippen LogP contribution is -2.03. The van der Waals surface area contributed by atoms with Crippen molar-refractivity contribution in [3.8, 4) is 0 Å². The summed E-state index contributed by atoms with van der Waals surface area (Å²) in [6.07, 6.45) is 3.52. The van der Waals surface area contributed by atoms with Crippen molar-refractivity contribution in [2.24, 2.45) is 0 Å². The van der Waals surface area contributed by atoms with Crippen molar-refractivity contribution < 1.29 is 4.39 Å². The first-order chi connectivity index (χ1) is 8.34. The zero-order valence-electron chi connectivity index (χ0n) is 9.57. The van der Waals surface area contributed by atoms with E-state index in [1.807, 2.05) is 18.2 Å². The van der Waals surface area contributed by atoms with Crippen LogP contribution < -0.4 is 5.32 Å². The summed E-state index contributed by atoms with van der Waals surface area (Å²) in [6.45, 7) is 0.832. The largest absolute Gasteiger partial charge is 0.385 e. The van der Waals surface area contributed by atoms with Gasteiger partial charge in [-0.25, -0.2) is 4.98 Å². The molecule has 0 atom stereocenters. The summed E-state index contributed by atoms with van der Waals surface area (Å²) >= 11 is 0. The van der Waals surface area contributed by atoms with E-state index in [0.717, 1.165) is 25.1 Å². The molecule has 0 saturated heterocycles. The second kappa shape index (κ2) is 5.99. The highest BCUT2D eigenvalue weighted by atomic mass is 19.1. The minimum atomic E-state index is -0.446. The Morgan fingerprint density at radius 2 is 1.94 bits per heavy atom. The van der Waals surface area contributed by atoms with Crippen LogP contribution >= 0.6 is 0 Å². The highest BCUT2D eigenvalue weighted by molar-refractivity contribution is 5.40. The van der Waals surface area contributed by atoms with Crippen LogP contribution in [0.4, 0.5) is 10.1 Å². The predicted octanol–water partition coefficient (Wildman–Crippen LogP) is 3.27. The molecule has 2 rings (SSSR count). The van der Waals surface area contributed by atoms with Crippen molar-refractivity contribution in [1.82, 2.24) is 4.98 Å². The van der Waals surface area contributed by atoms with Crippen molar-refractivity contribution in [3.05, 3.63) is 60.2 Å². The van der Waals surface area contributed by atoms with Gasteiger partial charge in [0.05, 0.1) is 0 Å². The fourth-order valence-corrected chi connectivity index (χ4v) is 1.68. The molecule has 1 N–H and O–H groups in total. The predicted molar refractivity (Wildman–Crippen MR) is 67.4 cm³/mol. The number of halogens is 1. The molecule has 0 bridgehead atoms. The lowest BCUT2D eigenvalue weighted by atomic mass is 10.1. The first-order valence-electron chi connectivity index (χ1n) is 5.74. The SMILES string of the molecule is Fc1cc(NCCCc2ccccc2)ccn1. The molecule has 3 heteroatoms. The van der Waals surface area contributed by atoms with Crippen LogP contribution in [-0.4, -0.2) is 11.5 Å². The molecule has 1 heterocycles. The van der Waals surface area contributed by atoms with Crippen LogP contribution in [0, 0.1) is 5.95 Å². The molecule has 17 heavy (non-hydrogen) atoms. The normalized spacial score (nSPS) is 10.2. The molecule has 0 radical (unpaired) electrons. The zero-order chi connectivity index (χ0) is 11.9. The fraction of sp³-hybridized carbons (Fsp3) is 0.214. The summed E-state index contributed by atoms with van der Waals surface area (Å²) in [7, 11) is 0. The number of nitrogens with one attached hydrogen (secondary N) is 1. The van der Waals surface area contributed by atoms with Gasteiger partial charge in [0, 0.05) is 24.5 Å². The van der Waals surface area contributed by atoms with Crippen molar-refractivity contribution in [3.63, 3.8) is 0 Å². The Labute approximate surface area is 101 Å². The van der Waals surface area contributed by atoms with E-state index < -0.39 is 5.95 Å². The molecule has 0 aliphatic rings. The third-order valence-electron chi connectivity index (χ3n) is 2.54. The monoisotopic (exact) mass is 230 g/mol. The zero-order valence-corrected chi connectivity index (χ0v) is 9.57. The lowest BCUT2D eigenvalue weighted by molar-refractivity contribution is 0.584. The van der Waals surface area contributed by atoms with Crippen molar-refractivity contribution in [1.29, 1.82) is 0 Å². The van der Waals surface area contributed by atoms with Gasteiger partial charge in [0.2, 0.25) is 5.95 Å². The van der Waals surface area contributed by atoms with E-state index in [4.69, 9.17) is 0 Å². The maximum Gasteiger partial charge on any atom is 0.214 e. The Kier molecular flexibility index (Phi) is 4.08. The number of aromatic nitrogens is 1. The maximum atomic E-state index is 12.8.